The van der Waals surface area contributed by atoms with Crippen molar-refractivity contribution in [3.8, 4) is 0 Å². The van der Waals surface area contributed by atoms with Crippen molar-refractivity contribution < 1.29 is 0 Å². The minimum Gasteiger partial charge on any atom is -0.369 e. The largest absolute Gasteiger partial charge is 0.369 e. The Hall–Kier alpha value is -1.32. The summed E-state index contributed by atoms with van der Waals surface area (Å²) in [4.78, 5) is 7.21. The first kappa shape index (κ1) is 15.2. The van der Waals surface area contributed by atoms with E-state index in [0.29, 0.717) is 12.1 Å². The second-order valence-electron chi connectivity index (χ2n) is 7.15. The van der Waals surface area contributed by atoms with Gasteiger partial charge in [0, 0.05) is 18.6 Å². The van der Waals surface area contributed by atoms with Crippen molar-refractivity contribution in [1.82, 2.24) is 10.2 Å². The monoisotopic (exact) mass is 329 g/mol. The average molecular weight is 330 g/mol. The van der Waals surface area contributed by atoms with Crippen LogP contribution in [0.15, 0.2) is 47.5 Å². The summed E-state index contributed by atoms with van der Waals surface area (Å²) in [6.07, 6.45) is 8.05. The molecule has 4 heteroatoms. The zero-order chi connectivity index (χ0) is 15.7. The molecule has 3 nitrogen and oxygen atoms in total. The van der Waals surface area contributed by atoms with Crippen molar-refractivity contribution in [2.45, 2.75) is 36.7 Å². The summed E-state index contributed by atoms with van der Waals surface area (Å²) >= 11 is 6.05. The van der Waals surface area contributed by atoms with Gasteiger partial charge in [0.1, 0.15) is 5.84 Å². The third kappa shape index (κ3) is 3.17. The summed E-state index contributed by atoms with van der Waals surface area (Å²) in [6, 6.07) is 10.8. The Kier molecular flexibility index (Phi) is 4.16. The Bertz CT molecular complexity index is 604. The Morgan fingerprint density at radius 1 is 1.26 bits per heavy atom. The van der Waals surface area contributed by atoms with Gasteiger partial charge < -0.3 is 5.32 Å². The van der Waals surface area contributed by atoms with Gasteiger partial charge in [-0.2, -0.15) is 0 Å². The van der Waals surface area contributed by atoms with Crippen LogP contribution in [0.2, 0.25) is 0 Å². The van der Waals surface area contributed by atoms with Gasteiger partial charge in [-0.15, -0.1) is 11.6 Å². The van der Waals surface area contributed by atoms with Gasteiger partial charge in [0.2, 0.25) is 0 Å². The molecule has 1 atom stereocenters. The van der Waals surface area contributed by atoms with E-state index in [9.17, 15) is 0 Å². The van der Waals surface area contributed by atoms with Crippen molar-refractivity contribution in [1.29, 1.82) is 0 Å². The third-order valence-electron chi connectivity index (χ3n) is 5.53. The molecule has 2 bridgehead atoms. The molecule has 1 unspecified atom stereocenters. The zero-order valence-electron chi connectivity index (χ0n) is 13.4. The highest BCUT2D eigenvalue weighted by Gasteiger charge is 2.51. The minimum atomic E-state index is 0.0519. The number of dihydropyridines is 1. The maximum absolute atomic E-state index is 6.05. The van der Waals surface area contributed by atoms with Gasteiger partial charge in [-0.1, -0.05) is 36.4 Å². The molecule has 0 amide bonds. The highest BCUT2D eigenvalue weighted by Crippen LogP contribution is 2.48. The second kappa shape index (κ2) is 6.29. The van der Waals surface area contributed by atoms with Gasteiger partial charge in [0.25, 0.3) is 0 Å². The van der Waals surface area contributed by atoms with E-state index < -0.39 is 0 Å². The molecule has 122 valence electrons. The van der Waals surface area contributed by atoms with Crippen molar-refractivity contribution in [3.63, 3.8) is 0 Å². The van der Waals surface area contributed by atoms with Crippen LogP contribution in [0.4, 0.5) is 0 Å². The van der Waals surface area contributed by atoms with Gasteiger partial charge >= 0.3 is 0 Å². The maximum atomic E-state index is 6.05. The Balaban J connectivity index is 1.41. The van der Waals surface area contributed by atoms with Crippen LogP contribution in [0.5, 0.6) is 0 Å². The fourth-order valence-electron chi connectivity index (χ4n) is 4.22. The number of hydrogen-bond acceptors (Lipinski definition) is 3. The average Bonchev–Trinajstić information content (AvgIpc) is 2.55. The van der Waals surface area contributed by atoms with Crippen LogP contribution in [0, 0.1) is 5.92 Å². The van der Waals surface area contributed by atoms with E-state index in [-0.39, 0.29) is 5.38 Å². The predicted molar refractivity (Wildman–Crippen MR) is 96.0 cm³/mol. The van der Waals surface area contributed by atoms with Crippen LogP contribution in [0.1, 0.15) is 24.8 Å². The van der Waals surface area contributed by atoms with Crippen molar-refractivity contribution in [3.05, 3.63) is 48.0 Å². The number of amidine groups is 1. The van der Waals surface area contributed by atoms with Crippen LogP contribution in [-0.2, 0) is 6.54 Å². The van der Waals surface area contributed by atoms with E-state index in [1.165, 1.54) is 31.4 Å². The predicted octanol–water partition coefficient (Wildman–Crippen LogP) is 3.21. The first-order valence-electron chi connectivity index (χ1n) is 8.63. The molecule has 3 heterocycles. The Morgan fingerprint density at radius 2 is 2.09 bits per heavy atom. The van der Waals surface area contributed by atoms with Gasteiger partial charge in [-0.05, 0) is 43.4 Å². The smallest absolute Gasteiger partial charge is 0.120 e. The van der Waals surface area contributed by atoms with E-state index in [1.807, 2.05) is 12.2 Å². The van der Waals surface area contributed by atoms with E-state index in [1.54, 1.807) is 0 Å². The highest BCUT2D eigenvalue weighted by molar-refractivity contribution is 6.22. The molecule has 0 spiro atoms. The maximum Gasteiger partial charge on any atom is 0.120 e. The Morgan fingerprint density at radius 3 is 2.83 bits per heavy atom. The van der Waals surface area contributed by atoms with Crippen LogP contribution >= 0.6 is 11.6 Å². The van der Waals surface area contributed by atoms with Crippen LogP contribution in [0.3, 0.4) is 0 Å². The van der Waals surface area contributed by atoms with Gasteiger partial charge in [-0.25, -0.2) is 0 Å². The fourth-order valence-corrected chi connectivity index (χ4v) is 4.37. The molecule has 1 saturated carbocycles. The van der Waals surface area contributed by atoms with E-state index in [4.69, 9.17) is 11.6 Å². The van der Waals surface area contributed by atoms with Crippen LogP contribution in [0.25, 0.3) is 0 Å². The summed E-state index contributed by atoms with van der Waals surface area (Å²) in [5.74, 6) is 1.92. The molecule has 1 N–H and O–H groups in total. The zero-order valence-corrected chi connectivity index (χ0v) is 14.2. The third-order valence-corrected chi connectivity index (χ3v) is 5.81. The molecule has 5 rings (SSSR count). The highest BCUT2D eigenvalue weighted by atomic mass is 35.5. The molecule has 2 saturated heterocycles. The van der Waals surface area contributed by atoms with E-state index >= 15 is 0 Å². The number of fused-ring (bicyclic) bond motifs is 2. The van der Waals surface area contributed by atoms with Crippen LogP contribution < -0.4 is 5.32 Å². The van der Waals surface area contributed by atoms with E-state index in [2.05, 4.69) is 45.5 Å². The number of hydrogen-bond donors (Lipinski definition) is 1. The number of aliphatic imine (C=N–C) groups is 1. The number of nitrogens with zero attached hydrogens (tertiary/aromatic N) is 2. The number of piperidine rings is 2. The second-order valence-corrected chi connectivity index (χ2v) is 7.71. The lowest BCUT2D eigenvalue weighted by Crippen LogP contribution is -2.66. The minimum absolute atomic E-state index is 0.0519. The molecule has 1 aromatic rings. The summed E-state index contributed by atoms with van der Waals surface area (Å²) in [7, 11) is 0. The number of nitrogens with one attached hydrogen (secondary N) is 1. The quantitative estimate of drug-likeness (QED) is 0.859. The molecule has 1 aliphatic carbocycles. The van der Waals surface area contributed by atoms with Crippen LogP contribution in [-0.4, -0.2) is 41.3 Å². The first-order valence-corrected chi connectivity index (χ1v) is 9.07. The number of alkyl halides is 1. The van der Waals surface area contributed by atoms with E-state index in [0.717, 1.165) is 24.8 Å². The summed E-state index contributed by atoms with van der Waals surface area (Å²) in [5.41, 5.74) is 1.73. The molecular formula is C19H24ClN3. The molecule has 0 radical (unpaired) electrons. The number of rotatable bonds is 4. The van der Waals surface area contributed by atoms with Gasteiger partial charge in [-0.3, -0.25) is 9.89 Å². The molecular weight excluding hydrogens is 306 g/mol. The molecule has 1 aromatic carbocycles. The van der Waals surface area contributed by atoms with Crippen molar-refractivity contribution in [2.24, 2.45) is 10.9 Å². The topological polar surface area (TPSA) is 27.6 Å². The number of halogens is 1. The van der Waals surface area contributed by atoms with Gasteiger partial charge in [0.05, 0.1) is 11.9 Å². The lowest BCUT2D eigenvalue weighted by molar-refractivity contribution is -0.0785. The lowest BCUT2D eigenvalue weighted by atomic mass is 9.62. The number of benzene rings is 1. The summed E-state index contributed by atoms with van der Waals surface area (Å²) < 4.78 is 0. The normalized spacial score (nSPS) is 33.0. The standard InChI is InChI=1S/C19H24ClN3/c20-17-6-7-18(21-12-17)22-14-19-10-16(11-19)8-9-23(19)13-15-4-2-1-3-5-15/h1-7,16-17H,8-14H2,(H,21,22). The first-order chi connectivity index (χ1) is 11.2. The lowest BCUT2D eigenvalue weighted by Gasteiger charge is -2.59. The fraction of sp³-hybridized carbons (Fsp3) is 0.526. The Labute approximate surface area is 143 Å². The summed E-state index contributed by atoms with van der Waals surface area (Å²) in [5, 5.41) is 3.62. The SMILES string of the molecule is ClC1C=CC(NCC23CC(CCN2Cc2ccccc2)C3)=NC1. The van der Waals surface area contributed by atoms with Crippen molar-refractivity contribution >= 4 is 17.4 Å². The van der Waals surface area contributed by atoms with Gasteiger partial charge in [0.15, 0.2) is 0 Å². The summed E-state index contributed by atoms with van der Waals surface area (Å²) in [6.45, 7) is 3.95. The molecule has 23 heavy (non-hydrogen) atoms. The molecule has 4 aliphatic rings. The molecule has 3 fully saturated rings. The molecule has 3 aliphatic heterocycles. The van der Waals surface area contributed by atoms with Crippen molar-refractivity contribution in [2.75, 3.05) is 19.6 Å². The molecule has 0 aromatic heterocycles.